The van der Waals surface area contributed by atoms with Crippen molar-refractivity contribution in [2.75, 3.05) is 13.6 Å². The van der Waals surface area contributed by atoms with E-state index in [1.54, 1.807) is 12.1 Å². The van der Waals surface area contributed by atoms with Crippen LogP contribution >= 0.6 is 0 Å². The number of hydrogen-bond acceptors (Lipinski definition) is 5. The molecule has 6 nitrogen and oxygen atoms in total. The number of likely N-dealkylation sites (tertiary alicyclic amines) is 1. The number of fused-ring (bicyclic) bond motifs is 1. The third-order valence-corrected chi connectivity index (χ3v) is 8.50. The van der Waals surface area contributed by atoms with Gasteiger partial charge in [-0.2, -0.15) is 0 Å². The largest absolute Gasteiger partial charge is 0.508 e. The van der Waals surface area contributed by atoms with Crippen LogP contribution in [0, 0.1) is 5.92 Å². The van der Waals surface area contributed by atoms with Crippen molar-refractivity contribution in [1.82, 2.24) is 10.2 Å². The number of hydrogen-bond donors (Lipinski definition) is 3. The molecule has 4 unspecified atom stereocenters. The molecule has 162 valence electrons. The molecule has 0 spiro atoms. The highest BCUT2D eigenvalue weighted by Gasteiger charge is 2.66. The van der Waals surface area contributed by atoms with Gasteiger partial charge in [-0.05, 0) is 62.5 Å². The fraction of sp³-hybridized carbons (Fsp3) is 0.667. The lowest BCUT2D eigenvalue weighted by molar-refractivity contribution is -0.174. The Kier molecular flexibility index (Phi) is 4.71. The van der Waals surface area contributed by atoms with Crippen molar-refractivity contribution in [3.8, 4) is 5.75 Å². The zero-order valence-electron chi connectivity index (χ0n) is 17.7. The second kappa shape index (κ2) is 7.06. The number of aromatic hydroxyl groups is 1. The van der Waals surface area contributed by atoms with Gasteiger partial charge in [-0.15, -0.1) is 0 Å². The fourth-order valence-electron chi connectivity index (χ4n) is 6.81. The van der Waals surface area contributed by atoms with Crippen LogP contribution in [-0.2, 0) is 21.4 Å². The van der Waals surface area contributed by atoms with Gasteiger partial charge in [0.2, 0.25) is 5.91 Å². The first-order chi connectivity index (χ1) is 14.3. The Morgan fingerprint density at radius 1 is 1.23 bits per heavy atom. The Morgan fingerprint density at radius 2 is 2.00 bits per heavy atom. The molecule has 1 aliphatic heterocycles. The van der Waals surface area contributed by atoms with Crippen LogP contribution in [0.25, 0.3) is 0 Å². The fourth-order valence-corrected chi connectivity index (χ4v) is 6.81. The van der Waals surface area contributed by atoms with E-state index < -0.39 is 17.1 Å². The molecule has 1 saturated heterocycles. The quantitative estimate of drug-likeness (QED) is 0.692. The van der Waals surface area contributed by atoms with Crippen LogP contribution in [0.1, 0.15) is 62.5 Å². The summed E-state index contributed by atoms with van der Waals surface area (Å²) >= 11 is 0. The average molecular weight is 413 g/mol. The molecule has 3 N–H and O–H groups in total. The lowest BCUT2D eigenvalue weighted by Gasteiger charge is -2.63. The highest BCUT2D eigenvalue weighted by molar-refractivity contribution is 5.92. The predicted molar refractivity (Wildman–Crippen MR) is 112 cm³/mol. The molecule has 4 aliphatic rings. The lowest BCUT2D eigenvalue weighted by Crippen LogP contribution is -2.75. The topological polar surface area (TPSA) is 89.9 Å². The molecule has 6 heteroatoms. The Morgan fingerprint density at radius 3 is 2.77 bits per heavy atom. The van der Waals surface area contributed by atoms with E-state index in [9.17, 15) is 19.8 Å². The van der Waals surface area contributed by atoms with Crippen LogP contribution in [0.5, 0.6) is 5.75 Å². The summed E-state index contributed by atoms with van der Waals surface area (Å²) in [6.07, 6.45) is 6.89. The summed E-state index contributed by atoms with van der Waals surface area (Å²) in [5.74, 6) is 0.134. The Hall–Kier alpha value is -1.92. The first kappa shape index (κ1) is 20.0. The summed E-state index contributed by atoms with van der Waals surface area (Å²) in [6.45, 7) is 0.800. The van der Waals surface area contributed by atoms with E-state index in [2.05, 4.69) is 10.2 Å². The van der Waals surface area contributed by atoms with Gasteiger partial charge in [-0.25, -0.2) is 0 Å². The first-order valence-corrected chi connectivity index (χ1v) is 11.4. The monoisotopic (exact) mass is 412 g/mol. The minimum atomic E-state index is -1.11. The molecule has 1 amide bonds. The molecule has 0 aromatic heterocycles. The van der Waals surface area contributed by atoms with E-state index in [0.717, 1.165) is 43.4 Å². The lowest BCUT2D eigenvalue weighted by atomic mass is 9.48. The Bertz CT molecular complexity index is 880. The minimum absolute atomic E-state index is 0.00308. The molecule has 1 aromatic carbocycles. The van der Waals surface area contributed by atoms with Gasteiger partial charge in [0.05, 0.1) is 11.6 Å². The second-order valence-corrected chi connectivity index (χ2v) is 10.0. The maximum Gasteiger partial charge on any atom is 0.223 e. The molecule has 0 radical (unpaired) electrons. The summed E-state index contributed by atoms with van der Waals surface area (Å²) in [5, 5.41) is 25.3. The summed E-state index contributed by atoms with van der Waals surface area (Å²) < 4.78 is 0. The van der Waals surface area contributed by atoms with Gasteiger partial charge < -0.3 is 20.4 Å². The number of aliphatic hydroxyl groups is 1. The number of Topliss-reactive ketones (excluding diaryl/α,β-unsaturated/α-hetero) is 1. The van der Waals surface area contributed by atoms with Crippen molar-refractivity contribution >= 4 is 11.7 Å². The number of carbonyl (C=O) groups is 2. The smallest absolute Gasteiger partial charge is 0.223 e. The van der Waals surface area contributed by atoms with Gasteiger partial charge >= 0.3 is 0 Å². The van der Waals surface area contributed by atoms with E-state index in [-0.39, 0.29) is 42.2 Å². The van der Waals surface area contributed by atoms with Gasteiger partial charge in [0.25, 0.3) is 0 Å². The van der Waals surface area contributed by atoms with Crippen LogP contribution in [0.4, 0.5) is 0 Å². The molecule has 30 heavy (non-hydrogen) atoms. The molecule has 1 heterocycles. The maximum atomic E-state index is 13.3. The number of ketones is 1. The number of piperidine rings is 1. The van der Waals surface area contributed by atoms with Crippen LogP contribution in [0.15, 0.2) is 18.2 Å². The summed E-state index contributed by atoms with van der Waals surface area (Å²) in [4.78, 5) is 28.3. The molecule has 4 atom stereocenters. The minimum Gasteiger partial charge on any atom is -0.508 e. The van der Waals surface area contributed by atoms with Crippen molar-refractivity contribution in [1.29, 1.82) is 0 Å². The first-order valence-electron chi connectivity index (χ1n) is 11.4. The molecule has 3 aliphatic carbocycles. The van der Waals surface area contributed by atoms with Crippen molar-refractivity contribution in [2.45, 2.75) is 80.9 Å². The molecule has 3 fully saturated rings. The van der Waals surface area contributed by atoms with E-state index in [0.29, 0.717) is 12.8 Å². The average Bonchev–Trinajstić information content (AvgIpc) is 2.73. The molecule has 5 rings (SSSR count). The number of amides is 1. The number of likely N-dealkylation sites (N-methyl/N-ethyl adjacent to an activating group) is 1. The van der Waals surface area contributed by atoms with Gasteiger partial charge in [0.1, 0.15) is 5.75 Å². The molecule has 2 bridgehead atoms. The van der Waals surface area contributed by atoms with E-state index in [4.69, 9.17) is 0 Å². The zero-order valence-corrected chi connectivity index (χ0v) is 17.7. The van der Waals surface area contributed by atoms with Gasteiger partial charge in [0.15, 0.2) is 5.78 Å². The normalized spacial score (nSPS) is 36.7. The van der Waals surface area contributed by atoms with Crippen LogP contribution in [-0.4, -0.2) is 58.1 Å². The maximum absolute atomic E-state index is 13.3. The Labute approximate surface area is 177 Å². The summed E-state index contributed by atoms with van der Waals surface area (Å²) in [5.41, 5.74) is 0.213. The number of carbonyl (C=O) groups excluding carboxylic acids is 2. The van der Waals surface area contributed by atoms with E-state index >= 15 is 0 Å². The van der Waals surface area contributed by atoms with Crippen molar-refractivity contribution in [3.05, 3.63) is 29.3 Å². The number of phenolic OH excluding ortho intramolecular Hbond substituents is 1. The van der Waals surface area contributed by atoms with Crippen molar-refractivity contribution in [3.63, 3.8) is 0 Å². The third-order valence-electron chi connectivity index (χ3n) is 8.50. The summed E-state index contributed by atoms with van der Waals surface area (Å²) in [7, 11) is 2.03. The van der Waals surface area contributed by atoms with Crippen LogP contribution in [0.3, 0.4) is 0 Å². The molecular weight excluding hydrogens is 380 g/mol. The number of nitrogens with zero attached hydrogens (tertiary/aromatic N) is 1. The number of rotatable bonds is 2. The second-order valence-electron chi connectivity index (χ2n) is 10.0. The highest BCUT2D eigenvalue weighted by atomic mass is 16.3. The van der Waals surface area contributed by atoms with Gasteiger partial charge in [-0.3, -0.25) is 9.59 Å². The SMILES string of the molecule is CN1CCC23CC(=O)C(NC(=O)C4CCCCC4)CC2(O)C1Cc1ccc(O)cc13. The standard InChI is InChI=1S/C24H32N2O4/c1-26-10-9-23-14-20(28)19(25-22(29)15-5-3-2-4-6-15)13-24(23,30)21(26)11-16-7-8-17(27)12-18(16)23/h7-8,12,15,19,21,27,30H,2-6,9-11,13-14H2,1H3,(H,25,29). The van der Waals surface area contributed by atoms with Gasteiger partial charge in [0, 0.05) is 30.2 Å². The number of phenols is 1. The van der Waals surface area contributed by atoms with E-state index in [1.165, 1.54) is 6.42 Å². The number of benzene rings is 1. The predicted octanol–water partition coefficient (Wildman–Crippen LogP) is 2.05. The highest BCUT2D eigenvalue weighted by Crippen LogP contribution is 2.57. The van der Waals surface area contributed by atoms with Crippen LogP contribution in [0.2, 0.25) is 0 Å². The van der Waals surface area contributed by atoms with Crippen molar-refractivity contribution in [2.24, 2.45) is 5.92 Å². The zero-order chi connectivity index (χ0) is 21.1. The third kappa shape index (κ3) is 2.83. The summed E-state index contributed by atoms with van der Waals surface area (Å²) in [6, 6.07) is 4.62. The number of nitrogens with one attached hydrogen (secondary N) is 1. The van der Waals surface area contributed by atoms with Gasteiger partial charge in [-0.1, -0.05) is 25.3 Å². The Balaban J connectivity index is 1.48. The van der Waals surface area contributed by atoms with Crippen LogP contribution < -0.4 is 5.32 Å². The van der Waals surface area contributed by atoms with Crippen molar-refractivity contribution < 1.29 is 19.8 Å². The molecule has 1 aromatic rings. The molecular formula is C24H32N2O4. The van der Waals surface area contributed by atoms with E-state index in [1.807, 2.05) is 13.1 Å². The molecule has 2 saturated carbocycles.